The van der Waals surface area contributed by atoms with Crippen LogP contribution in [0.1, 0.15) is 51.0 Å². The minimum atomic E-state index is -8.37. The maximum Gasteiger partial charge on any atom is 0.460 e. The van der Waals surface area contributed by atoms with Gasteiger partial charge in [0.05, 0.1) is 0 Å². The lowest BCUT2D eigenvalue weighted by Gasteiger charge is -2.39. The Bertz CT molecular complexity index is 1570. The van der Waals surface area contributed by atoms with Gasteiger partial charge in [-0.1, -0.05) is 39.0 Å². The second kappa shape index (κ2) is 16.4. The van der Waals surface area contributed by atoms with Crippen molar-refractivity contribution < 1.29 is 111 Å². The molecular formula is C29H24F22N2O3. The number of rotatable bonds is 21. The molecule has 0 saturated heterocycles. The molecule has 5 nitrogen and oxygen atoms in total. The Morgan fingerprint density at radius 1 is 0.518 bits per heavy atom. The van der Waals surface area contributed by atoms with E-state index in [1.54, 1.807) is 0 Å². The lowest BCUT2D eigenvalue weighted by atomic mass is 10.0. The minimum absolute atomic E-state index is 0.0107. The molecule has 0 aliphatic carbocycles. The van der Waals surface area contributed by atoms with E-state index >= 15 is 0 Å². The number of aryl methyl sites for hydroxylation is 1. The van der Waals surface area contributed by atoms with Gasteiger partial charge in [-0.15, -0.1) is 0 Å². The van der Waals surface area contributed by atoms with Crippen LogP contribution in [0.2, 0.25) is 0 Å². The second-order valence-corrected chi connectivity index (χ2v) is 11.6. The summed E-state index contributed by atoms with van der Waals surface area (Å²) >= 11 is 0. The fourth-order valence-electron chi connectivity index (χ4n) is 4.08. The van der Waals surface area contributed by atoms with Crippen LogP contribution < -0.4 is 4.74 Å². The molecule has 0 aliphatic rings. The van der Waals surface area contributed by atoms with Crippen LogP contribution in [0.15, 0.2) is 36.7 Å². The van der Waals surface area contributed by atoms with E-state index in [4.69, 9.17) is 0 Å². The van der Waals surface area contributed by atoms with Crippen molar-refractivity contribution in [3.05, 3.63) is 42.2 Å². The normalized spacial score (nSPS) is 15.3. The Labute approximate surface area is 299 Å². The molecule has 0 aliphatic heterocycles. The molecule has 0 radical (unpaired) electrons. The Hall–Kier alpha value is -3.52. The average molecular weight is 866 g/mol. The van der Waals surface area contributed by atoms with Crippen LogP contribution in [0.3, 0.4) is 0 Å². The van der Waals surface area contributed by atoms with E-state index in [0.717, 1.165) is 55.4 Å². The summed E-state index contributed by atoms with van der Waals surface area (Å²) in [5, 5.41) is 0. The zero-order valence-electron chi connectivity index (χ0n) is 27.4. The van der Waals surface area contributed by atoms with E-state index in [0.29, 0.717) is 24.1 Å². The minimum Gasteiger partial charge on any atom is -0.454 e. The number of alkyl halides is 22. The van der Waals surface area contributed by atoms with Gasteiger partial charge in [0.2, 0.25) is 0 Å². The molecule has 1 unspecified atom stereocenters. The van der Waals surface area contributed by atoms with E-state index < -0.39 is 72.3 Å². The predicted octanol–water partition coefficient (Wildman–Crippen LogP) is 11.9. The van der Waals surface area contributed by atoms with Crippen LogP contribution >= 0.6 is 0 Å². The zero-order valence-corrected chi connectivity index (χ0v) is 27.4. The van der Waals surface area contributed by atoms with Gasteiger partial charge in [0, 0.05) is 18.0 Å². The van der Waals surface area contributed by atoms with Gasteiger partial charge in [0.25, 0.3) is 0 Å². The van der Waals surface area contributed by atoms with Gasteiger partial charge < -0.3 is 4.74 Å². The van der Waals surface area contributed by atoms with Crippen molar-refractivity contribution in [2.24, 2.45) is 0 Å². The summed E-state index contributed by atoms with van der Waals surface area (Å²) in [6.07, 6.45) is -36.5. The van der Waals surface area contributed by atoms with E-state index in [1.165, 1.54) is 17.1 Å². The summed E-state index contributed by atoms with van der Waals surface area (Å²) in [5.41, 5.74) is 0.709. The standard InChI is InChI=1S/C29H24F22N2O3/c1-2-3-4-5-6-7-8-15-13-52-18(53-14-15)16-9-11-17(12-10-16)54-19(30)20(31,32)21(33,34)23(37,38)26(44,45)55-28(48,49)29(50,51)56-27(46,47)24(39,40)22(35,36)25(41,42)43/h9-14,19H,2-8H2,1H3. The van der Waals surface area contributed by atoms with Crippen molar-refractivity contribution in [2.45, 2.75) is 118 Å². The van der Waals surface area contributed by atoms with E-state index in [9.17, 15) is 96.6 Å². The van der Waals surface area contributed by atoms with Gasteiger partial charge in [0.1, 0.15) is 5.75 Å². The summed E-state index contributed by atoms with van der Waals surface area (Å²) in [4.78, 5) is 8.03. The molecule has 1 heterocycles. The maximum absolute atomic E-state index is 14.3. The molecule has 0 amide bonds. The van der Waals surface area contributed by atoms with E-state index in [-0.39, 0.29) is 11.4 Å². The average Bonchev–Trinajstić information content (AvgIpc) is 3.05. The molecule has 0 bridgehead atoms. The van der Waals surface area contributed by atoms with Gasteiger partial charge in [-0.25, -0.2) is 19.4 Å². The molecule has 1 aromatic heterocycles. The summed E-state index contributed by atoms with van der Waals surface area (Å²) in [6, 6.07) is 2.69. The summed E-state index contributed by atoms with van der Waals surface area (Å²) in [7, 11) is 0. The van der Waals surface area contributed by atoms with Crippen molar-refractivity contribution in [2.75, 3.05) is 0 Å². The van der Waals surface area contributed by atoms with Crippen LogP contribution in [0.25, 0.3) is 11.4 Å². The number of halogens is 22. The molecule has 56 heavy (non-hydrogen) atoms. The number of hydrogen-bond donors (Lipinski definition) is 0. The van der Waals surface area contributed by atoms with Crippen molar-refractivity contribution >= 4 is 0 Å². The molecule has 1 aromatic carbocycles. The summed E-state index contributed by atoms with van der Waals surface area (Å²) in [6.45, 7) is 2.04. The lowest BCUT2D eigenvalue weighted by Crippen LogP contribution is -2.68. The second-order valence-electron chi connectivity index (χ2n) is 11.6. The number of benzene rings is 1. The van der Waals surface area contributed by atoms with E-state index in [1.807, 2.05) is 6.92 Å². The Balaban J connectivity index is 2.23. The molecule has 2 rings (SSSR count). The number of hydrogen-bond acceptors (Lipinski definition) is 5. The van der Waals surface area contributed by atoms with Crippen molar-refractivity contribution in [3.63, 3.8) is 0 Å². The highest BCUT2D eigenvalue weighted by Crippen LogP contribution is 2.59. The molecule has 2 aromatic rings. The van der Waals surface area contributed by atoms with Crippen LogP contribution in [-0.2, 0) is 15.9 Å². The molecule has 0 fully saturated rings. The molecule has 27 heteroatoms. The topological polar surface area (TPSA) is 53.5 Å². The fourth-order valence-corrected chi connectivity index (χ4v) is 4.08. The van der Waals surface area contributed by atoms with E-state index in [2.05, 4.69) is 14.7 Å². The van der Waals surface area contributed by atoms with Crippen LogP contribution in [-0.4, -0.2) is 76.5 Å². The van der Waals surface area contributed by atoms with Gasteiger partial charge in [-0.05, 0) is 42.7 Å². The first-order valence-corrected chi connectivity index (χ1v) is 15.2. The van der Waals surface area contributed by atoms with Gasteiger partial charge in [-0.2, -0.15) is 96.6 Å². The molecule has 1 atom stereocenters. The molecule has 322 valence electrons. The third kappa shape index (κ3) is 9.60. The molecular weight excluding hydrogens is 842 g/mol. The lowest BCUT2D eigenvalue weighted by molar-refractivity contribution is -0.558. The molecule has 0 saturated carbocycles. The number of nitrogens with zero attached hydrogens (tertiary/aromatic N) is 2. The monoisotopic (exact) mass is 866 g/mol. The number of aromatic nitrogens is 2. The maximum atomic E-state index is 14.3. The first-order chi connectivity index (χ1) is 25.1. The third-order valence-corrected chi connectivity index (χ3v) is 7.31. The Morgan fingerprint density at radius 3 is 1.36 bits per heavy atom. The van der Waals surface area contributed by atoms with Crippen LogP contribution in [0.4, 0.5) is 96.6 Å². The van der Waals surface area contributed by atoms with Gasteiger partial charge in [-0.3, -0.25) is 0 Å². The largest absolute Gasteiger partial charge is 0.460 e. The molecule has 0 N–H and O–H groups in total. The summed E-state index contributed by atoms with van der Waals surface area (Å²) in [5.74, 6) is -41.6. The first-order valence-electron chi connectivity index (χ1n) is 15.2. The number of unbranched alkanes of at least 4 members (excludes halogenated alkanes) is 5. The van der Waals surface area contributed by atoms with Crippen molar-refractivity contribution in [1.29, 1.82) is 0 Å². The SMILES string of the molecule is CCCCCCCCc1cnc(-c2ccc(OC(F)C(F)(F)C(F)(F)C(F)(F)C(F)(F)OC(F)(F)C(F)(F)OC(F)(F)C(F)(F)C(F)(F)C(F)(F)F)cc2)nc1. The van der Waals surface area contributed by atoms with Crippen LogP contribution in [0, 0.1) is 0 Å². The third-order valence-electron chi connectivity index (χ3n) is 7.31. The summed E-state index contributed by atoms with van der Waals surface area (Å²) < 4.78 is 302. The van der Waals surface area contributed by atoms with Crippen molar-refractivity contribution in [3.8, 4) is 17.1 Å². The quantitative estimate of drug-likeness (QED) is 0.0924. The van der Waals surface area contributed by atoms with Crippen molar-refractivity contribution in [1.82, 2.24) is 9.97 Å². The first kappa shape index (κ1) is 48.6. The Morgan fingerprint density at radius 2 is 0.929 bits per heavy atom. The number of ether oxygens (including phenoxy) is 3. The van der Waals surface area contributed by atoms with Gasteiger partial charge in [0.15, 0.2) is 5.82 Å². The highest BCUT2D eigenvalue weighted by molar-refractivity contribution is 5.55. The van der Waals surface area contributed by atoms with Gasteiger partial charge >= 0.3 is 66.6 Å². The molecule has 0 spiro atoms. The zero-order chi connectivity index (χ0) is 43.6. The smallest absolute Gasteiger partial charge is 0.454 e. The Kier molecular flexibility index (Phi) is 14.2. The van der Waals surface area contributed by atoms with Crippen LogP contribution in [0.5, 0.6) is 5.75 Å². The predicted molar refractivity (Wildman–Crippen MR) is 143 cm³/mol. The highest BCUT2D eigenvalue weighted by Gasteiger charge is 2.88. The highest BCUT2D eigenvalue weighted by atomic mass is 19.4. The fraction of sp³-hybridized carbons (Fsp3) is 0.655.